The molecule has 0 aliphatic rings. The summed E-state index contributed by atoms with van der Waals surface area (Å²) in [6.45, 7) is -0.505. The van der Waals surface area contributed by atoms with E-state index < -0.39 is 28.5 Å². The Morgan fingerprint density at radius 3 is 2.46 bits per heavy atom. The standard InChI is InChI=1S/C18H17N3O6S/c1-26-13-5-2-11-8-16(21-15(11)9-13)18(23)27-10-17(22)20-12-3-6-14(7-4-12)28(19,24)25/h2-9,21H,10H2,1H3,(H,20,22)(H2,19,24,25). The number of fused-ring (bicyclic) bond motifs is 1. The first-order valence-corrected chi connectivity index (χ1v) is 9.57. The van der Waals surface area contributed by atoms with Gasteiger partial charge in [0.2, 0.25) is 10.0 Å². The summed E-state index contributed by atoms with van der Waals surface area (Å²) in [5, 5.41) is 8.29. The number of hydrogen-bond acceptors (Lipinski definition) is 6. The highest BCUT2D eigenvalue weighted by Crippen LogP contribution is 2.21. The smallest absolute Gasteiger partial charge is 0.355 e. The zero-order valence-electron chi connectivity index (χ0n) is 14.8. The minimum atomic E-state index is -3.81. The summed E-state index contributed by atoms with van der Waals surface area (Å²) in [6, 6.07) is 12.2. The fourth-order valence-corrected chi connectivity index (χ4v) is 2.99. The summed E-state index contributed by atoms with van der Waals surface area (Å²) >= 11 is 0. The first kappa shape index (κ1) is 19.4. The van der Waals surface area contributed by atoms with Gasteiger partial charge in [-0.25, -0.2) is 18.4 Å². The van der Waals surface area contributed by atoms with Crippen LogP contribution in [0.1, 0.15) is 10.5 Å². The van der Waals surface area contributed by atoms with Gasteiger partial charge in [-0.1, -0.05) is 0 Å². The Morgan fingerprint density at radius 2 is 1.82 bits per heavy atom. The number of anilines is 1. The summed E-state index contributed by atoms with van der Waals surface area (Å²) in [7, 11) is -2.27. The van der Waals surface area contributed by atoms with Crippen molar-refractivity contribution < 1.29 is 27.5 Å². The highest BCUT2D eigenvalue weighted by Gasteiger charge is 2.14. The minimum absolute atomic E-state index is 0.0765. The summed E-state index contributed by atoms with van der Waals surface area (Å²) in [6.07, 6.45) is 0. The normalized spacial score (nSPS) is 11.2. The lowest BCUT2D eigenvalue weighted by atomic mass is 10.2. The third kappa shape index (κ3) is 4.48. The molecule has 9 nitrogen and oxygen atoms in total. The Hall–Kier alpha value is -3.37. The number of rotatable bonds is 6. The van der Waals surface area contributed by atoms with Crippen molar-refractivity contribution in [2.24, 2.45) is 5.14 Å². The molecule has 0 saturated carbocycles. The van der Waals surface area contributed by atoms with E-state index in [4.69, 9.17) is 14.6 Å². The Balaban J connectivity index is 1.59. The van der Waals surface area contributed by atoms with Crippen LogP contribution in [0, 0.1) is 0 Å². The second kappa shape index (κ2) is 7.71. The number of nitrogens with one attached hydrogen (secondary N) is 2. The summed E-state index contributed by atoms with van der Waals surface area (Å²) < 4.78 is 32.5. The Labute approximate surface area is 160 Å². The number of carbonyl (C=O) groups excluding carboxylic acids is 2. The van der Waals surface area contributed by atoms with Crippen LogP contribution in [-0.4, -0.2) is 39.0 Å². The molecule has 1 heterocycles. The fraction of sp³-hybridized carbons (Fsp3) is 0.111. The molecule has 2 aromatic carbocycles. The molecule has 28 heavy (non-hydrogen) atoms. The largest absolute Gasteiger partial charge is 0.497 e. The van der Waals surface area contributed by atoms with E-state index in [1.165, 1.54) is 24.3 Å². The summed E-state index contributed by atoms with van der Waals surface area (Å²) in [5.74, 6) is -0.619. The highest BCUT2D eigenvalue weighted by atomic mass is 32.2. The van der Waals surface area contributed by atoms with Crippen molar-refractivity contribution in [3.8, 4) is 5.75 Å². The lowest BCUT2D eigenvalue weighted by molar-refractivity contribution is -0.119. The molecule has 4 N–H and O–H groups in total. The number of esters is 1. The van der Waals surface area contributed by atoms with Crippen molar-refractivity contribution in [1.82, 2.24) is 4.98 Å². The average Bonchev–Trinajstić information content (AvgIpc) is 3.09. The number of aromatic nitrogens is 1. The molecule has 0 spiro atoms. The second-order valence-corrected chi connectivity index (χ2v) is 7.39. The number of methoxy groups -OCH3 is 1. The van der Waals surface area contributed by atoms with Crippen molar-refractivity contribution in [3.63, 3.8) is 0 Å². The maximum absolute atomic E-state index is 12.1. The molecule has 0 unspecified atom stereocenters. The maximum Gasteiger partial charge on any atom is 0.355 e. The van der Waals surface area contributed by atoms with Gasteiger partial charge in [0.05, 0.1) is 12.0 Å². The third-order valence-electron chi connectivity index (χ3n) is 3.85. The van der Waals surface area contributed by atoms with Crippen molar-refractivity contribution in [3.05, 3.63) is 54.2 Å². The van der Waals surface area contributed by atoms with Gasteiger partial charge in [0.25, 0.3) is 5.91 Å². The Morgan fingerprint density at radius 1 is 1.11 bits per heavy atom. The molecule has 3 rings (SSSR count). The van der Waals surface area contributed by atoms with Gasteiger partial charge in [0, 0.05) is 22.7 Å². The molecule has 0 bridgehead atoms. The predicted molar refractivity (Wildman–Crippen MR) is 102 cm³/mol. The number of carbonyl (C=O) groups is 2. The number of ether oxygens (including phenoxy) is 2. The quantitative estimate of drug-likeness (QED) is 0.534. The topological polar surface area (TPSA) is 141 Å². The van der Waals surface area contributed by atoms with Gasteiger partial charge in [-0.3, -0.25) is 4.79 Å². The third-order valence-corrected chi connectivity index (χ3v) is 4.78. The SMILES string of the molecule is COc1ccc2cc(C(=O)OCC(=O)Nc3ccc(S(N)(=O)=O)cc3)[nH]c2c1. The second-order valence-electron chi connectivity index (χ2n) is 5.83. The zero-order valence-corrected chi connectivity index (χ0v) is 15.6. The summed E-state index contributed by atoms with van der Waals surface area (Å²) in [4.78, 5) is 26.9. The number of H-pyrrole nitrogens is 1. The van der Waals surface area contributed by atoms with Crippen LogP contribution in [0.2, 0.25) is 0 Å². The predicted octanol–water partition coefficient (Wildman–Crippen LogP) is 1.62. The molecule has 10 heteroatoms. The minimum Gasteiger partial charge on any atom is -0.497 e. The molecule has 0 saturated heterocycles. The van der Waals surface area contributed by atoms with E-state index in [-0.39, 0.29) is 10.6 Å². The van der Waals surface area contributed by atoms with Crippen LogP contribution in [0.4, 0.5) is 5.69 Å². The van der Waals surface area contributed by atoms with Crippen molar-refractivity contribution >= 4 is 38.5 Å². The molecule has 0 atom stereocenters. The van der Waals surface area contributed by atoms with Crippen LogP contribution in [0.3, 0.4) is 0 Å². The van der Waals surface area contributed by atoms with E-state index in [1.807, 2.05) is 0 Å². The average molecular weight is 403 g/mol. The van der Waals surface area contributed by atoms with Gasteiger partial charge in [0.1, 0.15) is 11.4 Å². The van der Waals surface area contributed by atoms with E-state index in [0.29, 0.717) is 17.0 Å². The molecule has 0 radical (unpaired) electrons. The van der Waals surface area contributed by atoms with Crippen LogP contribution in [0.25, 0.3) is 10.9 Å². The van der Waals surface area contributed by atoms with E-state index in [0.717, 1.165) is 5.39 Å². The number of aromatic amines is 1. The molecule has 0 fully saturated rings. The van der Waals surface area contributed by atoms with E-state index in [1.54, 1.807) is 31.4 Å². The lowest BCUT2D eigenvalue weighted by Gasteiger charge is -2.06. The Bertz CT molecular complexity index is 1140. The molecule has 1 aromatic heterocycles. The molecule has 146 valence electrons. The van der Waals surface area contributed by atoms with Gasteiger partial charge in [-0.15, -0.1) is 0 Å². The molecule has 0 aliphatic carbocycles. The van der Waals surface area contributed by atoms with E-state index in [2.05, 4.69) is 10.3 Å². The first-order valence-electron chi connectivity index (χ1n) is 8.03. The molecule has 1 amide bonds. The van der Waals surface area contributed by atoms with E-state index in [9.17, 15) is 18.0 Å². The number of sulfonamides is 1. The fourth-order valence-electron chi connectivity index (χ4n) is 2.48. The molecule has 3 aromatic rings. The van der Waals surface area contributed by atoms with Gasteiger partial charge >= 0.3 is 5.97 Å². The molecular weight excluding hydrogens is 386 g/mol. The molecule has 0 aliphatic heterocycles. The lowest BCUT2D eigenvalue weighted by Crippen LogP contribution is -2.21. The van der Waals surface area contributed by atoms with Gasteiger partial charge < -0.3 is 19.8 Å². The zero-order chi connectivity index (χ0) is 20.3. The van der Waals surface area contributed by atoms with Crippen LogP contribution < -0.4 is 15.2 Å². The van der Waals surface area contributed by atoms with Crippen molar-refractivity contribution in [2.75, 3.05) is 19.0 Å². The number of hydrogen-bond donors (Lipinski definition) is 3. The molecular formula is C18H17N3O6S. The monoisotopic (exact) mass is 403 g/mol. The highest BCUT2D eigenvalue weighted by molar-refractivity contribution is 7.89. The van der Waals surface area contributed by atoms with Gasteiger partial charge in [-0.2, -0.15) is 0 Å². The summed E-state index contributed by atoms with van der Waals surface area (Å²) in [5.41, 5.74) is 1.24. The number of primary sulfonamides is 1. The number of amides is 1. The number of nitrogens with two attached hydrogens (primary N) is 1. The Kier molecular flexibility index (Phi) is 5.34. The number of benzene rings is 2. The maximum atomic E-state index is 12.1. The van der Waals surface area contributed by atoms with Crippen molar-refractivity contribution in [2.45, 2.75) is 4.90 Å². The van der Waals surface area contributed by atoms with Gasteiger partial charge in [0.15, 0.2) is 6.61 Å². The van der Waals surface area contributed by atoms with Crippen LogP contribution in [0.15, 0.2) is 53.4 Å². The van der Waals surface area contributed by atoms with Crippen molar-refractivity contribution in [1.29, 1.82) is 0 Å². The van der Waals surface area contributed by atoms with Crippen LogP contribution >= 0.6 is 0 Å². The van der Waals surface area contributed by atoms with Crippen LogP contribution in [-0.2, 0) is 19.6 Å². The van der Waals surface area contributed by atoms with Gasteiger partial charge in [-0.05, 0) is 42.5 Å². The van der Waals surface area contributed by atoms with Crippen LogP contribution in [0.5, 0.6) is 5.75 Å². The first-order chi connectivity index (χ1) is 13.3. The van der Waals surface area contributed by atoms with E-state index >= 15 is 0 Å².